The number of aliphatic carboxylic acids is 1. The van der Waals surface area contributed by atoms with Crippen molar-refractivity contribution in [3.63, 3.8) is 0 Å². The largest absolute Gasteiger partial charge is 0.477 e. The SMILES string of the molecule is CC(=O)N[C@H]1[C@H](OC[C@H]2OC(O)[C@H](NC(C)=O)[C@@H](O[C@@H]3O[C@H](CO)[C@H](O)[C@H](O[C@@H]4O[C@H](CO)[C@@H](O)[C@H](O[C@@H]5O[C@H](CO)[C@H](O)[C@H](O)[C@H]5O)[C@H]4NC(C)=O)[C@H]3O)[C@H]2O)O[C@H](CO)[C@@H](O[C@@H]2O[C@H](CO)[C@H](O)[C@H](O[C@]3(C(=O)O)C[C@H](O)[C@@H](NC(C)=O)[C@H]([C@H](O)[C@H](O)CO)O3)[C@H]2O)[C@@H]1O. The first-order chi connectivity index (χ1) is 45.2. The van der Waals surface area contributed by atoms with E-state index in [1.54, 1.807) is 0 Å². The number of nitrogens with one attached hydrogen (secondary N) is 4. The average Bonchev–Trinajstić information content (AvgIpc) is 0.764. The van der Waals surface area contributed by atoms with E-state index < -0.39 is 303 Å². The van der Waals surface area contributed by atoms with Crippen LogP contribution >= 0.6 is 0 Å². The third-order valence-electron chi connectivity index (χ3n) is 17.1. The van der Waals surface area contributed by atoms with Crippen molar-refractivity contribution in [2.45, 2.75) is 254 Å². The summed E-state index contributed by atoms with van der Waals surface area (Å²) in [6.07, 6.45) is -64.5. The molecule has 96 heavy (non-hydrogen) atoms. The third kappa shape index (κ3) is 17.5. The Kier molecular flexibility index (Phi) is 28.2. The summed E-state index contributed by atoms with van der Waals surface area (Å²) >= 11 is 0. The second-order valence-corrected chi connectivity index (χ2v) is 24.0. The molecule has 43 heteroatoms. The fourth-order valence-corrected chi connectivity index (χ4v) is 12.2. The molecule has 0 aromatic rings. The monoisotopic (exact) mass is 1400 g/mol. The zero-order chi connectivity index (χ0) is 71.3. The molecule has 554 valence electrons. The highest BCUT2D eigenvalue weighted by Crippen LogP contribution is 2.40. The van der Waals surface area contributed by atoms with Crippen molar-refractivity contribution in [2.75, 3.05) is 46.2 Å². The fourth-order valence-electron chi connectivity index (χ4n) is 12.2. The number of hydrogen-bond acceptors (Lipinski definition) is 38. The molecule has 43 nitrogen and oxygen atoms in total. The number of rotatable bonds is 26. The van der Waals surface area contributed by atoms with Gasteiger partial charge in [0.05, 0.1) is 58.4 Å². The lowest BCUT2D eigenvalue weighted by Gasteiger charge is -2.51. The van der Waals surface area contributed by atoms with E-state index in [-0.39, 0.29) is 0 Å². The Morgan fingerprint density at radius 3 is 1.34 bits per heavy atom. The number of aliphatic hydroxyl groups excluding tert-OH is 20. The zero-order valence-corrected chi connectivity index (χ0v) is 51.6. The molecular weight excluding hydrogens is 1320 g/mol. The minimum absolute atomic E-state index is 0.839. The Hall–Kier alpha value is -3.97. The number of amides is 4. The molecule has 0 spiro atoms. The number of carbonyl (C=O) groups is 5. The number of carboxylic acids is 1. The Bertz CT molecular complexity index is 2540. The maximum atomic E-state index is 13.1. The van der Waals surface area contributed by atoms with Gasteiger partial charge in [0.2, 0.25) is 23.6 Å². The van der Waals surface area contributed by atoms with Gasteiger partial charge in [0.15, 0.2) is 37.7 Å². The molecule has 0 radical (unpaired) electrons. The topological polar surface area (TPSA) is 678 Å². The molecule has 36 atom stereocenters. The summed E-state index contributed by atoms with van der Waals surface area (Å²) in [7, 11) is 0. The minimum Gasteiger partial charge on any atom is -0.477 e. The first kappa shape index (κ1) is 79.4. The van der Waals surface area contributed by atoms with Crippen LogP contribution < -0.4 is 21.3 Å². The van der Waals surface area contributed by atoms with Gasteiger partial charge in [0, 0.05) is 34.1 Å². The zero-order valence-electron chi connectivity index (χ0n) is 51.6. The van der Waals surface area contributed by atoms with Crippen molar-refractivity contribution < 1.29 is 193 Å². The van der Waals surface area contributed by atoms with Crippen LogP contribution in [0.25, 0.3) is 0 Å². The Labute approximate surface area is 543 Å². The second-order valence-electron chi connectivity index (χ2n) is 24.0. The summed E-state index contributed by atoms with van der Waals surface area (Å²) in [6, 6.07) is -7.12. The highest BCUT2D eigenvalue weighted by molar-refractivity contribution is 5.77. The lowest BCUT2D eigenvalue weighted by atomic mass is 9.88. The number of ether oxygens (including phenoxy) is 13. The van der Waals surface area contributed by atoms with Crippen LogP contribution in [0.4, 0.5) is 0 Å². The molecular formula is C53H88N4O39. The molecule has 7 heterocycles. The van der Waals surface area contributed by atoms with E-state index in [4.69, 9.17) is 61.6 Å². The number of carbonyl (C=O) groups excluding carboxylic acids is 4. The third-order valence-corrected chi connectivity index (χ3v) is 17.1. The highest BCUT2D eigenvalue weighted by Gasteiger charge is 2.62. The van der Waals surface area contributed by atoms with E-state index >= 15 is 0 Å². The fraction of sp³-hybridized carbons (Fsp3) is 0.906. The molecule has 7 aliphatic heterocycles. The van der Waals surface area contributed by atoms with Crippen LogP contribution in [0.3, 0.4) is 0 Å². The standard InChI is InChI=1S/C53H88N4O39/c1-13(64)54-25-17(68)5-53(52(82)83,95-43(25)29(70)18(69)6-58)96-45-33(74)22(10-62)89-51(39(45)80)91-40-23(11-63)90-47(26(35(40)76)55-14(2)65)84-12-24-34(75)41(27(46(81)85-24)56-15(3)66)92-50-38(79)44(32(73)21(9-61)88-50)94-48-28(57-16(4)67)42(31(72)20(8-60)86-48)93-49-37(78)36(77)30(71)19(7-59)87-49/h17-51,58-63,68-81H,5-12H2,1-4H3,(H,54,64)(H,55,65)(H,56,66)(H,57,67)(H,82,83)/t17-,18+,19+,20+,21+,22+,23+,24+,25+,26+,27+,28+,29+,30-,31+,32-,33-,34-,35+,36-,37+,38+,39+,40+,41+,42+,43+,44-,45-,46?,47+,48-,49-,50-,51-,53-/m0/s1. The van der Waals surface area contributed by atoms with Gasteiger partial charge in [-0.2, -0.15) is 0 Å². The van der Waals surface area contributed by atoms with E-state index in [1.165, 1.54) is 0 Å². The van der Waals surface area contributed by atoms with E-state index in [0.29, 0.717) is 0 Å². The van der Waals surface area contributed by atoms with Gasteiger partial charge >= 0.3 is 5.97 Å². The highest BCUT2D eigenvalue weighted by atomic mass is 16.8. The summed E-state index contributed by atoms with van der Waals surface area (Å²) in [6.45, 7) is -3.55. The van der Waals surface area contributed by atoms with E-state index in [9.17, 15) is 131 Å². The van der Waals surface area contributed by atoms with Crippen LogP contribution in [-0.4, -0.2) is 403 Å². The van der Waals surface area contributed by atoms with Crippen LogP contribution in [-0.2, 0) is 85.6 Å². The predicted molar refractivity (Wildman–Crippen MR) is 295 cm³/mol. The van der Waals surface area contributed by atoms with E-state index in [1.807, 2.05) is 0 Å². The molecule has 25 N–H and O–H groups in total. The Morgan fingerprint density at radius 2 is 0.833 bits per heavy atom. The van der Waals surface area contributed by atoms with Gasteiger partial charge in [-0.05, 0) is 0 Å². The average molecular weight is 1410 g/mol. The van der Waals surface area contributed by atoms with E-state index in [2.05, 4.69) is 21.3 Å². The van der Waals surface area contributed by atoms with Gasteiger partial charge < -0.3 is 190 Å². The molecule has 0 aliphatic carbocycles. The first-order valence-corrected chi connectivity index (χ1v) is 30.2. The van der Waals surface area contributed by atoms with Gasteiger partial charge in [-0.25, -0.2) is 4.79 Å². The molecule has 0 saturated carbocycles. The predicted octanol–water partition coefficient (Wildman–Crippen LogP) is -16.5. The normalized spacial score (nSPS) is 46.0. The van der Waals surface area contributed by atoms with Gasteiger partial charge in [0.1, 0.15) is 165 Å². The second kappa shape index (κ2) is 34.1. The smallest absolute Gasteiger partial charge is 0.364 e. The van der Waals surface area contributed by atoms with Gasteiger partial charge in [-0.15, -0.1) is 0 Å². The molecule has 4 amide bonds. The molecule has 1 unspecified atom stereocenters. The number of carboxylic acid groups (broad SMARTS) is 1. The molecule has 7 saturated heterocycles. The number of aliphatic hydroxyl groups is 20. The lowest BCUT2D eigenvalue weighted by molar-refractivity contribution is -0.384. The minimum atomic E-state index is -3.22. The quantitative estimate of drug-likeness (QED) is 0.0382. The van der Waals surface area contributed by atoms with Crippen LogP contribution in [0.5, 0.6) is 0 Å². The molecule has 7 fully saturated rings. The Balaban J connectivity index is 1.10. The van der Waals surface area contributed by atoms with Gasteiger partial charge in [-0.3, -0.25) is 19.2 Å². The van der Waals surface area contributed by atoms with Crippen molar-refractivity contribution >= 4 is 29.6 Å². The summed E-state index contributed by atoms with van der Waals surface area (Å²) in [5.41, 5.74) is 0. The summed E-state index contributed by atoms with van der Waals surface area (Å²) < 4.78 is 75.1. The molecule has 7 rings (SSSR count). The summed E-state index contributed by atoms with van der Waals surface area (Å²) in [5, 5.41) is 238. The number of hydrogen-bond donors (Lipinski definition) is 25. The lowest BCUT2D eigenvalue weighted by Crippen LogP contribution is -2.71. The molecule has 0 aromatic heterocycles. The summed E-state index contributed by atoms with van der Waals surface area (Å²) in [5.74, 6) is -8.82. The van der Waals surface area contributed by atoms with Crippen molar-refractivity contribution in [2.24, 2.45) is 0 Å². The summed E-state index contributed by atoms with van der Waals surface area (Å²) in [4.78, 5) is 63.3. The maximum absolute atomic E-state index is 13.1. The van der Waals surface area contributed by atoms with Crippen molar-refractivity contribution in [3.8, 4) is 0 Å². The van der Waals surface area contributed by atoms with Crippen LogP contribution in [0, 0.1) is 0 Å². The molecule has 0 aromatic carbocycles. The van der Waals surface area contributed by atoms with Crippen molar-refractivity contribution in [1.29, 1.82) is 0 Å². The molecule has 7 aliphatic rings. The van der Waals surface area contributed by atoms with Crippen molar-refractivity contribution in [3.05, 3.63) is 0 Å². The maximum Gasteiger partial charge on any atom is 0.364 e. The van der Waals surface area contributed by atoms with Crippen LogP contribution in [0.1, 0.15) is 34.1 Å². The van der Waals surface area contributed by atoms with Crippen molar-refractivity contribution in [1.82, 2.24) is 21.3 Å². The van der Waals surface area contributed by atoms with Gasteiger partial charge in [-0.1, -0.05) is 0 Å². The van der Waals surface area contributed by atoms with Crippen LogP contribution in [0.2, 0.25) is 0 Å². The Morgan fingerprint density at radius 1 is 0.427 bits per heavy atom. The van der Waals surface area contributed by atoms with E-state index in [0.717, 1.165) is 27.7 Å². The van der Waals surface area contributed by atoms with Gasteiger partial charge in [0.25, 0.3) is 5.79 Å². The van der Waals surface area contributed by atoms with Crippen LogP contribution in [0.15, 0.2) is 0 Å². The first-order valence-electron chi connectivity index (χ1n) is 30.2. The molecule has 0 bridgehead atoms.